The summed E-state index contributed by atoms with van der Waals surface area (Å²) in [6.45, 7) is 0.771. The fourth-order valence-electron chi connectivity index (χ4n) is 1.85. The normalized spacial score (nSPS) is 11.1. The van der Waals surface area contributed by atoms with Gasteiger partial charge in [-0.2, -0.15) is 11.3 Å². The highest BCUT2D eigenvalue weighted by atomic mass is 79.9. The van der Waals surface area contributed by atoms with Crippen molar-refractivity contribution >= 4 is 44.2 Å². The number of hydrogen-bond acceptors (Lipinski definition) is 3. The van der Waals surface area contributed by atoms with Crippen LogP contribution in [0.25, 0.3) is 11.0 Å². The molecule has 17 heavy (non-hydrogen) atoms. The Bertz CT molecular complexity index is 658. The third-order valence-corrected chi connectivity index (χ3v) is 3.89. The third kappa shape index (κ3) is 1.96. The quantitative estimate of drug-likeness (QED) is 0.787. The number of thiophene rings is 1. The number of aromatic nitrogens is 2. The van der Waals surface area contributed by atoms with Gasteiger partial charge in [-0.05, 0) is 40.6 Å². The minimum absolute atomic E-state index is 0.560. The number of imidazole rings is 1. The van der Waals surface area contributed by atoms with Gasteiger partial charge in [-0.1, -0.05) is 15.9 Å². The van der Waals surface area contributed by atoms with Crippen LogP contribution in [0.3, 0.4) is 0 Å². The van der Waals surface area contributed by atoms with Crippen LogP contribution in [0.15, 0.2) is 39.5 Å². The summed E-state index contributed by atoms with van der Waals surface area (Å²) in [7, 11) is 0. The fourth-order valence-corrected chi connectivity index (χ4v) is 2.86. The van der Waals surface area contributed by atoms with Crippen LogP contribution < -0.4 is 5.73 Å². The Balaban J connectivity index is 2.12. The molecule has 0 spiro atoms. The van der Waals surface area contributed by atoms with E-state index in [1.54, 1.807) is 11.3 Å². The first-order chi connectivity index (χ1) is 8.24. The van der Waals surface area contributed by atoms with Crippen LogP contribution in [0.2, 0.25) is 0 Å². The van der Waals surface area contributed by atoms with Gasteiger partial charge in [-0.15, -0.1) is 0 Å². The van der Waals surface area contributed by atoms with Crippen molar-refractivity contribution in [3.63, 3.8) is 0 Å². The maximum Gasteiger partial charge on any atom is 0.201 e. The largest absolute Gasteiger partial charge is 0.369 e. The minimum Gasteiger partial charge on any atom is -0.369 e. The zero-order valence-corrected chi connectivity index (χ0v) is 11.3. The molecule has 0 fully saturated rings. The molecule has 0 radical (unpaired) electrons. The molecule has 86 valence electrons. The lowest BCUT2D eigenvalue weighted by atomic mass is 10.3. The number of halogens is 1. The first kappa shape index (κ1) is 10.8. The van der Waals surface area contributed by atoms with Gasteiger partial charge in [-0.25, -0.2) is 4.98 Å². The summed E-state index contributed by atoms with van der Waals surface area (Å²) in [6, 6.07) is 8.13. The van der Waals surface area contributed by atoms with Gasteiger partial charge in [-0.3, -0.25) is 0 Å². The highest BCUT2D eigenvalue weighted by Crippen LogP contribution is 2.23. The van der Waals surface area contributed by atoms with Crippen molar-refractivity contribution in [3.05, 3.63) is 45.1 Å². The first-order valence-corrected chi connectivity index (χ1v) is 6.90. The standard InChI is InChI=1S/C12H10BrN3S/c13-9-1-2-11-10(5-9)15-12(14)16(11)6-8-3-4-17-7-8/h1-5,7H,6H2,(H2,14,15). The molecule has 0 saturated heterocycles. The number of nitrogens with zero attached hydrogens (tertiary/aromatic N) is 2. The van der Waals surface area contributed by atoms with Gasteiger partial charge in [0.05, 0.1) is 17.6 Å². The maximum absolute atomic E-state index is 5.96. The lowest BCUT2D eigenvalue weighted by Gasteiger charge is -2.04. The summed E-state index contributed by atoms with van der Waals surface area (Å²) in [5.74, 6) is 0.560. The molecule has 0 aliphatic heterocycles. The van der Waals surface area contributed by atoms with E-state index in [4.69, 9.17) is 5.73 Å². The van der Waals surface area contributed by atoms with Crippen LogP contribution in [0.5, 0.6) is 0 Å². The number of fused-ring (bicyclic) bond motifs is 1. The molecular formula is C12H10BrN3S. The highest BCUT2D eigenvalue weighted by Gasteiger charge is 2.08. The monoisotopic (exact) mass is 307 g/mol. The van der Waals surface area contributed by atoms with Crippen molar-refractivity contribution in [1.29, 1.82) is 0 Å². The van der Waals surface area contributed by atoms with Crippen molar-refractivity contribution in [2.24, 2.45) is 0 Å². The van der Waals surface area contributed by atoms with Gasteiger partial charge in [0.1, 0.15) is 0 Å². The number of hydrogen-bond donors (Lipinski definition) is 1. The Kier molecular flexibility index (Phi) is 2.64. The lowest BCUT2D eigenvalue weighted by Crippen LogP contribution is -2.03. The second-order valence-corrected chi connectivity index (χ2v) is 5.52. The van der Waals surface area contributed by atoms with E-state index in [9.17, 15) is 0 Å². The van der Waals surface area contributed by atoms with Crippen LogP contribution in [0, 0.1) is 0 Å². The molecule has 3 nitrogen and oxygen atoms in total. The lowest BCUT2D eigenvalue weighted by molar-refractivity contribution is 0.842. The smallest absolute Gasteiger partial charge is 0.201 e. The van der Waals surface area contributed by atoms with Crippen molar-refractivity contribution in [3.8, 4) is 0 Å². The topological polar surface area (TPSA) is 43.8 Å². The molecule has 0 aliphatic rings. The van der Waals surface area contributed by atoms with E-state index < -0.39 is 0 Å². The number of rotatable bonds is 2. The van der Waals surface area contributed by atoms with Gasteiger partial charge in [0.15, 0.2) is 0 Å². The van der Waals surface area contributed by atoms with E-state index >= 15 is 0 Å². The van der Waals surface area contributed by atoms with Gasteiger partial charge in [0, 0.05) is 4.47 Å². The van der Waals surface area contributed by atoms with Crippen molar-refractivity contribution < 1.29 is 0 Å². The predicted molar refractivity (Wildman–Crippen MR) is 75.3 cm³/mol. The molecule has 3 rings (SSSR count). The average Bonchev–Trinajstić information content (AvgIpc) is 2.88. The summed E-state index contributed by atoms with van der Waals surface area (Å²) >= 11 is 5.13. The predicted octanol–water partition coefficient (Wildman–Crippen LogP) is 3.49. The fraction of sp³-hybridized carbons (Fsp3) is 0.0833. The molecule has 2 aromatic heterocycles. The molecular weight excluding hydrogens is 298 g/mol. The van der Waals surface area contributed by atoms with Gasteiger partial charge >= 0.3 is 0 Å². The second kappa shape index (κ2) is 4.16. The van der Waals surface area contributed by atoms with Crippen LogP contribution in [0.1, 0.15) is 5.56 Å². The zero-order chi connectivity index (χ0) is 11.8. The summed E-state index contributed by atoms with van der Waals surface area (Å²) in [5.41, 5.74) is 9.20. The zero-order valence-electron chi connectivity index (χ0n) is 8.93. The summed E-state index contributed by atoms with van der Waals surface area (Å²) in [6.07, 6.45) is 0. The molecule has 0 saturated carbocycles. The molecule has 3 aromatic rings. The Morgan fingerprint density at radius 2 is 2.24 bits per heavy atom. The molecule has 2 N–H and O–H groups in total. The van der Waals surface area contributed by atoms with Gasteiger partial charge in [0.25, 0.3) is 0 Å². The molecule has 0 aliphatic carbocycles. The number of benzene rings is 1. The highest BCUT2D eigenvalue weighted by molar-refractivity contribution is 9.10. The maximum atomic E-state index is 5.96. The number of anilines is 1. The number of nitrogen functional groups attached to an aromatic ring is 1. The third-order valence-electron chi connectivity index (χ3n) is 2.66. The molecule has 1 aromatic carbocycles. The Morgan fingerprint density at radius 1 is 1.35 bits per heavy atom. The summed E-state index contributed by atoms with van der Waals surface area (Å²) in [5, 5.41) is 4.20. The van der Waals surface area contributed by atoms with Crippen LogP contribution in [-0.2, 0) is 6.54 Å². The van der Waals surface area contributed by atoms with E-state index in [-0.39, 0.29) is 0 Å². The summed E-state index contributed by atoms with van der Waals surface area (Å²) in [4.78, 5) is 4.37. The van der Waals surface area contributed by atoms with Crippen molar-refractivity contribution in [1.82, 2.24) is 9.55 Å². The summed E-state index contributed by atoms with van der Waals surface area (Å²) < 4.78 is 3.05. The second-order valence-electron chi connectivity index (χ2n) is 3.82. The van der Waals surface area contributed by atoms with Crippen LogP contribution in [0.4, 0.5) is 5.95 Å². The molecule has 0 unspecified atom stereocenters. The molecule has 0 amide bonds. The SMILES string of the molecule is Nc1nc2cc(Br)ccc2n1Cc1ccsc1. The van der Waals surface area contributed by atoms with E-state index in [1.165, 1.54) is 5.56 Å². The van der Waals surface area contributed by atoms with Crippen LogP contribution in [-0.4, -0.2) is 9.55 Å². The van der Waals surface area contributed by atoms with Crippen molar-refractivity contribution in [2.75, 3.05) is 5.73 Å². The average molecular weight is 308 g/mol. The van der Waals surface area contributed by atoms with Gasteiger partial charge in [0.2, 0.25) is 5.95 Å². The van der Waals surface area contributed by atoms with E-state index in [1.807, 2.05) is 22.8 Å². The molecule has 2 heterocycles. The Labute approximate surface area is 111 Å². The first-order valence-electron chi connectivity index (χ1n) is 5.16. The minimum atomic E-state index is 0.560. The van der Waals surface area contributed by atoms with Crippen LogP contribution >= 0.6 is 27.3 Å². The Hall–Kier alpha value is -1.33. The van der Waals surface area contributed by atoms with E-state index in [2.05, 4.69) is 37.7 Å². The number of nitrogens with two attached hydrogens (primary N) is 1. The molecule has 0 atom stereocenters. The van der Waals surface area contributed by atoms with Crippen molar-refractivity contribution in [2.45, 2.75) is 6.54 Å². The van der Waals surface area contributed by atoms with E-state index in [0.29, 0.717) is 5.95 Å². The molecule has 0 bridgehead atoms. The van der Waals surface area contributed by atoms with E-state index in [0.717, 1.165) is 22.1 Å². The van der Waals surface area contributed by atoms with Gasteiger partial charge < -0.3 is 10.3 Å². The Morgan fingerprint density at radius 3 is 3.00 bits per heavy atom. The molecule has 5 heteroatoms.